The molecule has 0 aliphatic heterocycles. The molecule has 0 aliphatic carbocycles. The van der Waals surface area contributed by atoms with Crippen LogP contribution in [0.5, 0.6) is 5.75 Å². The molecule has 0 radical (unpaired) electrons. The number of hydrogen-bond acceptors (Lipinski definition) is 6. The molecular weight excluding hydrogens is 326 g/mol. The molecule has 0 saturated carbocycles. The van der Waals surface area contributed by atoms with Gasteiger partial charge in [0, 0.05) is 17.5 Å². The number of aliphatic hydroxyl groups excluding tert-OH is 1. The van der Waals surface area contributed by atoms with Crippen LogP contribution in [0.4, 0.5) is 0 Å². The molecule has 0 unspecified atom stereocenters. The van der Waals surface area contributed by atoms with E-state index in [1.807, 2.05) is 18.5 Å². The van der Waals surface area contributed by atoms with E-state index in [1.54, 1.807) is 35.6 Å². The first-order valence-corrected chi connectivity index (χ1v) is 8.62. The third-order valence-electron chi connectivity index (χ3n) is 3.81. The Balaban J connectivity index is 1.84. The number of rotatable bonds is 8. The van der Waals surface area contributed by atoms with Crippen LogP contribution in [0.15, 0.2) is 41.8 Å². The van der Waals surface area contributed by atoms with E-state index < -0.39 is 12.1 Å². The van der Waals surface area contributed by atoms with Gasteiger partial charge in [0.15, 0.2) is 0 Å². The van der Waals surface area contributed by atoms with Crippen LogP contribution in [0.1, 0.15) is 28.2 Å². The average molecular weight is 349 g/mol. The monoisotopic (exact) mass is 349 g/mol. The zero-order chi connectivity index (χ0) is 17.5. The van der Waals surface area contributed by atoms with Crippen molar-refractivity contribution in [2.75, 3.05) is 27.3 Å². The lowest BCUT2D eigenvalue weighted by Crippen LogP contribution is -2.34. The molecule has 0 fully saturated rings. The Morgan fingerprint density at radius 2 is 2.12 bits per heavy atom. The summed E-state index contributed by atoms with van der Waals surface area (Å²) < 4.78 is 10.3. The normalized spacial score (nSPS) is 13.5. The largest absolute Gasteiger partial charge is 0.491 e. The lowest BCUT2D eigenvalue weighted by Gasteiger charge is -2.26. The molecule has 1 N–H and O–H groups in total. The minimum Gasteiger partial charge on any atom is -0.491 e. The van der Waals surface area contributed by atoms with E-state index in [9.17, 15) is 9.90 Å². The number of hydrogen-bond donors (Lipinski definition) is 1. The molecule has 130 valence electrons. The summed E-state index contributed by atoms with van der Waals surface area (Å²) in [5.41, 5.74) is 0.424. The molecule has 0 spiro atoms. The summed E-state index contributed by atoms with van der Waals surface area (Å²) in [6.45, 7) is 2.77. The van der Waals surface area contributed by atoms with Crippen molar-refractivity contribution < 1.29 is 19.4 Å². The lowest BCUT2D eigenvalue weighted by molar-refractivity contribution is 0.0597. The van der Waals surface area contributed by atoms with Gasteiger partial charge in [0.1, 0.15) is 18.5 Å². The van der Waals surface area contributed by atoms with Gasteiger partial charge in [0.2, 0.25) is 0 Å². The number of methoxy groups -OCH3 is 1. The summed E-state index contributed by atoms with van der Waals surface area (Å²) in [5.74, 6) is 0.122. The van der Waals surface area contributed by atoms with E-state index in [0.29, 0.717) is 17.9 Å². The van der Waals surface area contributed by atoms with Crippen molar-refractivity contribution in [1.29, 1.82) is 0 Å². The van der Waals surface area contributed by atoms with Gasteiger partial charge in [-0.05, 0) is 43.6 Å². The summed E-state index contributed by atoms with van der Waals surface area (Å²) in [4.78, 5) is 14.9. The van der Waals surface area contributed by atoms with Gasteiger partial charge in [-0.25, -0.2) is 4.79 Å². The number of aliphatic hydroxyl groups is 1. The van der Waals surface area contributed by atoms with Crippen LogP contribution in [-0.4, -0.2) is 49.4 Å². The van der Waals surface area contributed by atoms with Gasteiger partial charge in [-0.2, -0.15) is 0 Å². The van der Waals surface area contributed by atoms with Crippen molar-refractivity contribution in [3.8, 4) is 5.75 Å². The van der Waals surface area contributed by atoms with Gasteiger partial charge in [0.05, 0.1) is 12.7 Å². The van der Waals surface area contributed by atoms with Gasteiger partial charge in [-0.3, -0.25) is 4.90 Å². The van der Waals surface area contributed by atoms with Crippen molar-refractivity contribution in [3.05, 3.63) is 52.2 Å². The maximum Gasteiger partial charge on any atom is 0.337 e. The third kappa shape index (κ3) is 5.06. The molecule has 2 rings (SSSR count). The van der Waals surface area contributed by atoms with Gasteiger partial charge in [-0.15, -0.1) is 11.3 Å². The molecule has 2 aromatic rings. The van der Waals surface area contributed by atoms with Crippen molar-refractivity contribution in [2.24, 2.45) is 0 Å². The molecule has 0 bridgehead atoms. The molecule has 1 heterocycles. The number of ether oxygens (including phenoxy) is 2. The van der Waals surface area contributed by atoms with Crippen LogP contribution in [0.25, 0.3) is 0 Å². The third-order valence-corrected chi connectivity index (χ3v) is 4.85. The molecule has 2 atom stereocenters. The maximum absolute atomic E-state index is 11.5. The first kappa shape index (κ1) is 18.4. The van der Waals surface area contributed by atoms with E-state index in [1.165, 1.54) is 12.0 Å². The van der Waals surface area contributed by atoms with E-state index in [0.717, 1.165) is 0 Å². The number of carbonyl (C=O) groups excluding carboxylic acids is 1. The van der Waals surface area contributed by atoms with Crippen LogP contribution in [-0.2, 0) is 4.74 Å². The number of nitrogens with zero attached hydrogens (tertiary/aromatic N) is 1. The topological polar surface area (TPSA) is 59.0 Å². The first-order valence-electron chi connectivity index (χ1n) is 7.74. The second kappa shape index (κ2) is 8.82. The SMILES string of the molecule is COC(=O)c1cccc(OC[C@H](O)CN(C)[C@@H](C)c2cccs2)c1. The Hall–Kier alpha value is -1.89. The summed E-state index contributed by atoms with van der Waals surface area (Å²) in [6, 6.07) is 11.1. The quantitative estimate of drug-likeness (QED) is 0.743. The maximum atomic E-state index is 11.5. The number of benzene rings is 1. The van der Waals surface area contributed by atoms with Crippen LogP contribution >= 0.6 is 11.3 Å². The number of thiophene rings is 1. The van der Waals surface area contributed by atoms with Gasteiger partial charge >= 0.3 is 5.97 Å². The second-order valence-electron chi connectivity index (χ2n) is 5.62. The van der Waals surface area contributed by atoms with Crippen LogP contribution in [0, 0.1) is 0 Å². The standard InChI is InChI=1S/C18H23NO4S/c1-13(17-8-5-9-24-17)19(2)11-15(20)12-23-16-7-4-6-14(10-16)18(21)22-3/h4-10,13,15,20H,11-12H2,1-3H3/t13-,15+/m0/s1. The van der Waals surface area contributed by atoms with E-state index >= 15 is 0 Å². The fourth-order valence-electron chi connectivity index (χ4n) is 2.31. The predicted molar refractivity (Wildman–Crippen MR) is 94.6 cm³/mol. The van der Waals surface area contributed by atoms with Crippen LogP contribution in [0.2, 0.25) is 0 Å². The lowest BCUT2D eigenvalue weighted by atomic mass is 10.2. The number of carbonyl (C=O) groups is 1. The van der Waals surface area contributed by atoms with Crippen molar-refractivity contribution in [3.63, 3.8) is 0 Å². The predicted octanol–water partition coefficient (Wildman–Crippen LogP) is 2.97. The fourth-order valence-corrected chi connectivity index (χ4v) is 3.16. The Labute approximate surface area is 146 Å². The molecular formula is C18H23NO4S. The van der Waals surface area contributed by atoms with Crippen molar-refractivity contribution >= 4 is 17.3 Å². The molecule has 1 aromatic carbocycles. The second-order valence-corrected chi connectivity index (χ2v) is 6.59. The van der Waals surface area contributed by atoms with Crippen LogP contribution < -0.4 is 4.74 Å². The molecule has 0 aliphatic rings. The molecule has 0 amide bonds. The Kier molecular flexibility index (Phi) is 6.78. The summed E-state index contributed by atoms with van der Waals surface area (Å²) in [7, 11) is 3.32. The smallest absolute Gasteiger partial charge is 0.337 e. The van der Waals surface area contributed by atoms with Crippen molar-refractivity contribution in [1.82, 2.24) is 4.90 Å². The average Bonchev–Trinajstić information content (AvgIpc) is 3.13. The van der Waals surface area contributed by atoms with E-state index in [-0.39, 0.29) is 12.6 Å². The number of esters is 1. The first-order chi connectivity index (χ1) is 11.5. The van der Waals surface area contributed by atoms with E-state index in [4.69, 9.17) is 4.74 Å². The van der Waals surface area contributed by atoms with Gasteiger partial charge in [0.25, 0.3) is 0 Å². The van der Waals surface area contributed by atoms with Gasteiger partial charge < -0.3 is 14.6 Å². The zero-order valence-corrected chi connectivity index (χ0v) is 15.0. The number of likely N-dealkylation sites (N-methyl/N-ethyl adjacent to an activating group) is 1. The summed E-state index contributed by atoms with van der Waals surface area (Å²) in [5, 5.41) is 12.2. The zero-order valence-electron chi connectivity index (χ0n) is 14.1. The molecule has 5 nitrogen and oxygen atoms in total. The highest BCUT2D eigenvalue weighted by Crippen LogP contribution is 2.23. The fraction of sp³-hybridized carbons (Fsp3) is 0.389. The highest BCUT2D eigenvalue weighted by Gasteiger charge is 2.17. The minimum absolute atomic E-state index is 0.159. The highest BCUT2D eigenvalue weighted by molar-refractivity contribution is 7.10. The highest BCUT2D eigenvalue weighted by atomic mass is 32.1. The van der Waals surface area contributed by atoms with E-state index in [2.05, 4.69) is 22.6 Å². The molecule has 6 heteroatoms. The minimum atomic E-state index is -0.626. The Bertz CT molecular complexity index is 644. The van der Waals surface area contributed by atoms with Crippen LogP contribution in [0.3, 0.4) is 0 Å². The molecule has 0 saturated heterocycles. The Morgan fingerprint density at radius 3 is 2.79 bits per heavy atom. The molecule has 24 heavy (non-hydrogen) atoms. The molecule has 1 aromatic heterocycles. The summed E-state index contributed by atoms with van der Waals surface area (Å²) >= 11 is 1.70. The van der Waals surface area contributed by atoms with Gasteiger partial charge in [-0.1, -0.05) is 12.1 Å². The van der Waals surface area contributed by atoms with Crippen molar-refractivity contribution in [2.45, 2.75) is 19.1 Å². The Morgan fingerprint density at radius 1 is 1.33 bits per heavy atom. The summed E-state index contributed by atoms with van der Waals surface area (Å²) in [6.07, 6.45) is -0.626.